The lowest BCUT2D eigenvalue weighted by atomic mass is 10.1. The Bertz CT molecular complexity index is 846. The van der Waals surface area contributed by atoms with Gasteiger partial charge in [-0.2, -0.15) is 0 Å². The zero-order valence-electron chi connectivity index (χ0n) is 16.0. The van der Waals surface area contributed by atoms with Crippen LogP contribution in [-0.4, -0.2) is 42.3 Å². The lowest BCUT2D eigenvalue weighted by Crippen LogP contribution is -2.35. The molecule has 1 aromatic carbocycles. The maximum Gasteiger partial charge on any atom is 0.244 e. The first kappa shape index (κ1) is 21.2. The smallest absolute Gasteiger partial charge is 0.244 e. The summed E-state index contributed by atoms with van der Waals surface area (Å²) in [5.74, 6) is -0.513. The van der Waals surface area contributed by atoms with Gasteiger partial charge in [0.25, 0.3) is 0 Å². The number of amides is 2. The first-order valence-electron chi connectivity index (χ1n) is 8.59. The number of aryl methyl sites for hydroxylation is 2. The van der Waals surface area contributed by atoms with E-state index in [1.54, 1.807) is 30.1 Å². The average molecular weight is 405 g/mol. The molecule has 0 unspecified atom stereocenters. The van der Waals surface area contributed by atoms with Crippen LogP contribution >= 0.6 is 23.1 Å². The van der Waals surface area contributed by atoms with Crippen molar-refractivity contribution < 1.29 is 14.4 Å². The first-order chi connectivity index (χ1) is 12.8. The summed E-state index contributed by atoms with van der Waals surface area (Å²) in [4.78, 5) is 41.2. The molecule has 0 aliphatic rings. The van der Waals surface area contributed by atoms with Crippen molar-refractivity contribution >= 4 is 46.4 Å². The topological polar surface area (TPSA) is 66.5 Å². The minimum absolute atomic E-state index is 0.0306. The Balaban J connectivity index is 1.85. The molecule has 0 saturated carbocycles. The van der Waals surface area contributed by atoms with Crippen LogP contribution in [0.25, 0.3) is 0 Å². The molecule has 0 radical (unpaired) electrons. The third-order valence-corrected chi connectivity index (χ3v) is 5.86. The van der Waals surface area contributed by atoms with Gasteiger partial charge in [0.1, 0.15) is 0 Å². The molecule has 7 heteroatoms. The van der Waals surface area contributed by atoms with Gasteiger partial charge in [0.05, 0.1) is 12.2 Å². The van der Waals surface area contributed by atoms with E-state index in [1.165, 1.54) is 4.90 Å². The summed E-state index contributed by atoms with van der Waals surface area (Å²) in [6, 6.07) is 9.38. The van der Waals surface area contributed by atoms with Crippen molar-refractivity contribution in [1.82, 2.24) is 4.90 Å². The van der Waals surface area contributed by atoms with Crippen LogP contribution in [0.3, 0.4) is 0 Å². The van der Waals surface area contributed by atoms with Gasteiger partial charge in [0.15, 0.2) is 5.78 Å². The van der Waals surface area contributed by atoms with E-state index in [0.29, 0.717) is 5.56 Å². The molecule has 144 valence electrons. The molecular weight excluding hydrogens is 380 g/mol. The Hall–Kier alpha value is -2.12. The first-order valence-corrected chi connectivity index (χ1v) is 10.6. The van der Waals surface area contributed by atoms with Crippen LogP contribution in [0.4, 0.5) is 5.69 Å². The molecule has 2 rings (SSSR count). The van der Waals surface area contributed by atoms with Crippen LogP contribution < -0.4 is 5.32 Å². The van der Waals surface area contributed by atoms with Gasteiger partial charge in [-0.3, -0.25) is 14.4 Å². The number of thioether (sulfide) groups is 1. The van der Waals surface area contributed by atoms with Crippen molar-refractivity contribution in [2.45, 2.75) is 31.6 Å². The molecule has 1 N–H and O–H groups in total. The van der Waals surface area contributed by atoms with Crippen LogP contribution in [0, 0.1) is 13.8 Å². The van der Waals surface area contributed by atoms with Crippen molar-refractivity contribution in [1.29, 1.82) is 0 Å². The molecule has 0 aliphatic heterocycles. The summed E-state index contributed by atoms with van der Waals surface area (Å²) < 4.78 is 0. The van der Waals surface area contributed by atoms with Gasteiger partial charge in [-0.25, -0.2) is 0 Å². The minimum Gasteiger partial charge on any atom is -0.336 e. The molecule has 0 fully saturated rings. The van der Waals surface area contributed by atoms with Crippen LogP contribution in [0.2, 0.25) is 0 Å². The van der Waals surface area contributed by atoms with Crippen LogP contribution in [-0.2, 0) is 9.59 Å². The molecule has 1 heterocycles. The number of hydrogen-bond donors (Lipinski definition) is 1. The van der Waals surface area contributed by atoms with Gasteiger partial charge in [-0.1, -0.05) is 12.1 Å². The average Bonchev–Trinajstić information content (AvgIpc) is 2.97. The minimum atomic E-state index is -0.261. The number of para-hydroxylation sites is 1. The fourth-order valence-corrected chi connectivity index (χ4v) is 4.19. The van der Waals surface area contributed by atoms with Crippen molar-refractivity contribution in [3.8, 4) is 0 Å². The zero-order valence-corrected chi connectivity index (χ0v) is 17.6. The van der Waals surface area contributed by atoms with E-state index >= 15 is 0 Å². The predicted molar refractivity (Wildman–Crippen MR) is 112 cm³/mol. The fraction of sp³-hybridized carbons (Fsp3) is 0.350. The Labute approximate surface area is 168 Å². The van der Waals surface area contributed by atoms with Gasteiger partial charge in [0, 0.05) is 40.1 Å². The van der Waals surface area contributed by atoms with E-state index in [4.69, 9.17) is 0 Å². The molecule has 0 bridgehead atoms. The summed E-state index contributed by atoms with van der Waals surface area (Å²) in [5, 5.41) is 2.83. The number of Topliss-reactive ketones (excluding diaryl/α,β-unsaturated/α-hetero) is 1. The normalized spacial score (nSPS) is 10.5. The number of benzene rings is 1. The molecule has 0 saturated heterocycles. The number of likely N-dealkylation sites (N-methyl/N-ethyl adjacent to an activating group) is 1. The molecule has 2 amide bonds. The second-order valence-electron chi connectivity index (χ2n) is 6.25. The third-order valence-electron chi connectivity index (χ3n) is 4.09. The summed E-state index contributed by atoms with van der Waals surface area (Å²) in [7, 11) is 1.58. The number of nitrogens with one attached hydrogen (secondary N) is 1. The van der Waals surface area contributed by atoms with Gasteiger partial charge >= 0.3 is 0 Å². The Morgan fingerprint density at radius 3 is 2.48 bits per heavy atom. The number of rotatable bonds is 8. The van der Waals surface area contributed by atoms with Crippen molar-refractivity contribution in [2.24, 2.45) is 0 Å². The number of nitrogens with zero attached hydrogens (tertiary/aromatic N) is 1. The molecule has 0 spiro atoms. The number of carbonyl (C=O) groups is 3. The van der Waals surface area contributed by atoms with E-state index in [-0.39, 0.29) is 37.0 Å². The van der Waals surface area contributed by atoms with Crippen LogP contribution in [0.15, 0.2) is 35.2 Å². The van der Waals surface area contributed by atoms with Gasteiger partial charge in [-0.15, -0.1) is 23.1 Å². The Morgan fingerprint density at radius 2 is 1.85 bits per heavy atom. The summed E-state index contributed by atoms with van der Waals surface area (Å²) >= 11 is 3.12. The quantitative estimate of drug-likeness (QED) is 0.530. The van der Waals surface area contributed by atoms with Crippen molar-refractivity contribution in [2.75, 3.05) is 25.2 Å². The Morgan fingerprint density at radius 1 is 1.15 bits per heavy atom. The highest BCUT2D eigenvalue weighted by Crippen LogP contribution is 2.24. The maximum atomic E-state index is 12.3. The number of anilines is 1. The van der Waals surface area contributed by atoms with E-state index in [1.807, 2.05) is 50.4 Å². The second kappa shape index (κ2) is 9.71. The van der Waals surface area contributed by atoms with Crippen molar-refractivity contribution in [3.63, 3.8) is 0 Å². The largest absolute Gasteiger partial charge is 0.336 e. The maximum absolute atomic E-state index is 12.3. The predicted octanol–water partition coefficient (Wildman–Crippen LogP) is 4.15. The second-order valence-corrected chi connectivity index (χ2v) is 8.56. The van der Waals surface area contributed by atoms with E-state index < -0.39 is 0 Å². The summed E-state index contributed by atoms with van der Waals surface area (Å²) in [6.07, 6.45) is 2.18. The molecule has 2 aromatic rings. The summed E-state index contributed by atoms with van der Waals surface area (Å²) in [5.41, 5.74) is 1.42. The highest BCUT2D eigenvalue weighted by atomic mass is 32.2. The molecule has 27 heavy (non-hydrogen) atoms. The number of carbonyl (C=O) groups excluding carboxylic acids is 3. The lowest BCUT2D eigenvalue weighted by molar-refractivity contribution is -0.133. The van der Waals surface area contributed by atoms with E-state index in [9.17, 15) is 14.4 Å². The third kappa shape index (κ3) is 5.94. The molecule has 1 aromatic heterocycles. The van der Waals surface area contributed by atoms with Gasteiger partial charge in [0.2, 0.25) is 11.8 Å². The highest BCUT2D eigenvalue weighted by Gasteiger charge is 2.17. The fourth-order valence-electron chi connectivity index (χ4n) is 2.69. The molecule has 5 nitrogen and oxygen atoms in total. The van der Waals surface area contributed by atoms with E-state index in [0.717, 1.165) is 20.3 Å². The monoisotopic (exact) mass is 404 g/mol. The molecular formula is C20H24N2O3S2. The zero-order chi connectivity index (χ0) is 20.0. The molecule has 0 aliphatic carbocycles. The van der Waals surface area contributed by atoms with Gasteiger partial charge in [-0.05, 0) is 38.3 Å². The number of ketones is 1. The Kier molecular flexibility index (Phi) is 7.62. The highest BCUT2D eigenvalue weighted by molar-refractivity contribution is 7.98. The van der Waals surface area contributed by atoms with E-state index in [2.05, 4.69) is 5.32 Å². The SMILES string of the molecule is CSc1ccccc1NC(=O)CN(C)C(=O)CCC(=O)c1cc(C)sc1C. The van der Waals surface area contributed by atoms with Crippen LogP contribution in [0.1, 0.15) is 33.0 Å². The number of thiophene rings is 1. The number of hydrogen-bond acceptors (Lipinski definition) is 5. The van der Waals surface area contributed by atoms with Crippen LogP contribution in [0.5, 0.6) is 0 Å². The van der Waals surface area contributed by atoms with Crippen molar-refractivity contribution in [3.05, 3.63) is 45.6 Å². The van der Waals surface area contributed by atoms with Gasteiger partial charge < -0.3 is 10.2 Å². The lowest BCUT2D eigenvalue weighted by Gasteiger charge is -2.17. The molecule has 0 atom stereocenters. The summed E-state index contributed by atoms with van der Waals surface area (Å²) in [6.45, 7) is 3.82. The standard InChI is InChI=1S/C20H24N2O3S2/c1-13-11-15(14(2)27-13)17(23)9-10-20(25)22(3)12-19(24)21-16-7-5-6-8-18(16)26-4/h5-8,11H,9-10,12H2,1-4H3,(H,21,24).